The standard InChI is InChI=1S/C14H12BrNO2/c1-9-12(15)8-7-11(14(9)17)13(16-18)10-5-3-2-4-6-10/h2-8,17-18H,1H3/b16-13+. The molecule has 0 amide bonds. The van der Waals surface area contributed by atoms with Crippen LogP contribution in [0.15, 0.2) is 52.1 Å². The van der Waals surface area contributed by atoms with E-state index in [4.69, 9.17) is 0 Å². The molecule has 0 fully saturated rings. The SMILES string of the molecule is Cc1c(Br)ccc(/C(=N/O)c2ccccc2)c1O. The maximum absolute atomic E-state index is 10.1. The van der Waals surface area contributed by atoms with Gasteiger partial charge in [-0.1, -0.05) is 51.4 Å². The second kappa shape index (κ2) is 5.23. The lowest BCUT2D eigenvalue weighted by atomic mass is 9.99. The van der Waals surface area contributed by atoms with Gasteiger partial charge in [0.1, 0.15) is 11.5 Å². The third-order valence-electron chi connectivity index (χ3n) is 2.77. The average molecular weight is 306 g/mol. The van der Waals surface area contributed by atoms with Crippen LogP contribution in [-0.4, -0.2) is 16.0 Å². The number of nitrogens with zero attached hydrogens (tertiary/aromatic N) is 1. The Morgan fingerprint density at radius 3 is 2.39 bits per heavy atom. The zero-order chi connectivity index (χ0) is 13.1. The molecule has 18 heavy (non-hydrogen) atoms. The van der Waals surface area contributed by atoms with Gasteiger partial charge in [0.2, 0.25) is 0 Å². The van der Waals surface area contributed by atoms with Crippen molar-refractivity contribution in [3.8, 4) is 5.75 Å². The number of hydrogen-bond donors (Lipinski definition) is 2. The highest BCUT2D eigenvalue weighted by atomic mass is 79.9. The van der Waals surface area contributed by atoms with Gasteiger partial charge in [0, 0.05) is 21.2 Å². The summed E-state index contributed by atoms with van der Waals surface area (Å²) < 4.78 is 0.814. The second-order valence-electron chi connectivity index (χ2n) is 3.88. The van der Waals surface area contributed by atoms with Gasteiger partial charge in [0.15, 0.2) is 0 Å². The second-order valence-corrected chi connectivity index (χ2v) is 4.74. The Balaban J connectivity index is 2.58. The first-order chi connectivity index (χ1) is 8.65. The van der Waals surface area contributed by atoms with Crippen LogP contribution in [0.5, 0.6) is 5.75 Å². The zero-order valence-corrected chi connectivity index (χ0v) is 11.3. The molecule has 0 saturated carbocycles. The Bertz CT molecular complexity index is 594. The minimum Gasteiger partial charge on any atom is -0.507 e. The number of phenols is 1. The molecule has 0 atom stereocenters. The van der Waals surface area contributed by atoms with Gasteiger partial charge in [-0.15, -0.1) is 0 Å². The molecule has 0 heterocycles. The number of oxime groups is 1. The number of rotatable bonds is 2. The zero-order valence-electron chi connectivity index (χ0n) is 9.76. The van der Waals surface area contributed by atoms with Crippen molar-refractivity contribution in [3.05, 3.63) is 63.6 Å². The maximum Gasteiger partial charge on any atom is 0.129 e. The first kappa shape index (κ1) is 12.6. The van der Waals surface area contributed by atoms with Crippen molar-refractivity contribution in [2.24, 2.45) is 5.16 Å². The first-order valence-electron chi connectivity index (χ1n) is 5.41. The predicted molar refractivity (Wildman–Crippen MR) is 74.4 cm³/mol. The van der Waals surface area contributed by atoms with Gasteiger partial charge in [-0.25, -0.2) is 0 Å². The fourth-order valence-corrected chi connectivity index (χ4v) is 2.05. The summed E-state index contributed by atoms with van der Waals surface area (Å²) in [7, 11) is 0. The maximum atomic E-state index is 10.1. The van der Waals surface area contributed by atoms with E-state index in [9.17, 15) is 10.3 Å². The normalized spacial score (nSPS) is 11.6. The topological polar surface area (TPSA) is 52.8 Å². The molecule has 0 aromatic heterocycles. The monoisotopic (exact) mass is 305 g/mol. The van der Waals surface area contributed by atoms with Crippen LogP contribution in [0.25, 0.3) is 0 Å². The Hall–Kier alpha value is -1.81. The van der Waals surface area contributed by atoms with E-state index in [0.29, 0.717) is 16.8 Å². The van der Waals surface area contributed by atoms with Gasteiger partial charge in [-0.3, -0.25) is 0 Å². The van der Waals surface area contributed by atoms with E-state index in [-0.39, 0.29) is 5.75 Å². The fourth-order valence-electron chi connectivity index (χ4n) is 1.73. The lowest BCUT2D eigenvalue weighted by Gasteiger charge is -2.10. The van der Waals surface area contributed by atoms with Crippen molar-refractivity contribution in [2.75, 3.05) is 0 Å². The van der Waals surface area contributed by atoms with E-state index >= 15 is 0 Å². The van der Waals surface area contributed by atoms with Gasteiger partial charge in [-0.05, 0) is 19.1 Å². The van der Waals surface area contributed by atoms with Gasteiger partial charge in [-0.2, -0.15) is 0 Å². The summed E-state index contributed by atoms with van der Waals surface area (Å²) >= 11 is 3.35. The summed E-state index contributed by atoms with van der Waals surface area (Å²) in [6.45, 7) is 1.79. The quantitative estimate of drug-likeness (QED) is 0.505. The molecular weight excluding hydrogens is 294 g/mol. The number of phenolic OH excluding ortho intramolecular Hbond substituents is 1. The molecule has 0 unspecified atom stereocenters. The predicted octanol–water partition coefficient (Wildman–Crippen LogP) is 3.69. The molecule has 4 heteroatoms. The van der Waals surface area contributed by atoms with Crippen LogP contribution in [0, 0.1) is 6.92 Å². The molecule has 0 radical (unpaired) electrons. The molecule has 0 aliphatic heterocycles. The Morgan fingerprint density at radius 2 is 1.78 bits per heavy atom. The van der Waals surface area contributed by atoms with Gasteiger partial charge >= 0.3 is 0 Å². The van der Waals surface area contributed by atoms with Crippen LogP contribution in [0.4, 0.5) is 0 Å². The summed E-state index contributed by atoms with van der Waals surface area (Å²) in [5, 5.41) is 22.6. The van der Waals surface area contributed by atoms with Crippen molar-refractivity contribution < 1.29 is 10.3 Å². The van der Waals surface area contributed by atoms with Crippen LogP contribution < -0.4 is 0 Å². The molecule has 0 saturated heterocycles. The Kier molecular flexibility index (Phi) is 3.67. The molecule has 0 spiro atoms. The minimum atomic E-state index is 0.112. The van der Waals surface area contributed by atoms with Crippen molar-refractivity contribution >= 4 is 21.6 Å². The molecule has 2 aromatic rings. The average Bonchev–Trinajstić information content (AvgIpc) is 2.41. The molecule has 2 rings (SSSR count). The number of benzene rings is 2. The molecule has 3 nitrogen and oxygen atoms in total. The summed E-state index contributed by atoms with van der Waals surface area (Å²) in [4.78, 5) is 0. The Morgan fingerprint density at radius 1 is 1.11 bits per heavy atom. The van der Waals surface area contributed by atoms with E-state index in [1.54, 1.807) is 13.0 Å². The fraction of sp³-hybridized carbons (Fsp3) is 0.0714. The smallest absolute Gasteiger partial charge is 0.129 e. The third kappa shape index (κ3) is 2.24. The molecule has 0 aliphatic carbocycles. The molecule has 2 N–H and O–H groups in total. The molecule has 2 aromatic carbocycles. The lowest BCUT2D eigenvalue weighted by molar-refractivity contribution is 0.319. The van der Waals surface area contributed by atoms with E-state index in [0.717, 1.165) is 10.0 Å². The first-order valence-corrected chi connectivity index (χ1v) is 6.20. The van der Waals surface area contributed by atoms with Crippen molar-refractivity contribution in [1.82, 2.24) is 0 Å². The van der Waals surface area contributed by atoms with Gasteiger partial charge < -0.3 is 10.3 Å². The number of halogens is 1. The van der Waals surface area contributed by atoms with Gasteiger partial charge in [0.05, 0.1) is 0 Å². The van der Waals surface area contributed by atoms with Crippen LogP contribution >= 0.6 is 15.9 Å². The van der Waals surface area contributed by atoms with Crippen LogP contribution in [0.1, 0.15) is 16.7 Å². The number of hydrogen-bond acceptors (Lipinski definition) is 3. The minimum absolute atomic E-state index is 0.112. The van der Waals surface area contributed by atoms with Gasteiger partial charge in [0.25, 0.3) is 0 Å². The van der Waals surface area contributed by atoms with Crippen LogP contribution in [0.2, 0.25) is 0 Å². The molecular formula is C14H12BrNO2. The van der Waals surface area contributed by atoms with E-state index < -0.39 is 0 Å². The highest BCUT2D eigenvalue weighted by Crippen LogP contribution is 2.30. The van der Waals surface area contributed by atoms with E-state index in [1.165, 1.54) is 0 Å². The molecule has 0 aliphatic rings. The Labute approximate surface area is 114 Å². The largest absolute Gasteiger partial charge is 0.507 e. The number of aromatic hydroxyl groups is 1. The molecule has 0 bridgehead atoms. The van der Waals surface area contributed by atoms with E-state index in [1.807, 2.05) is 36.4 Å². The van der Waals surface area contributed by atoms with Crippen LogP contribution in [0.3, 0.4) is 0 Å². The summed E-state index contributed by atoms with van der Waals surface area (Å²) in [6.07, 6.45) is 0. The molecule has 92 valence electrons. The van der Waals surface area contributed by atoms with E-state index in [2.05, 4.69) is 21.1 Å². The third-order valence-corrected chi connectivity index (χ3v) is 3.63. The summed E-state index contributed by atoms with van der Waals surface area (Å²) in [6, 6.07) is 12.8. The van der Waals surface area contributed by atoms with Crippen molar-refractivity contribution in [3.63, 3.8) is 0 Å². The highest BCUT2D eigenvalue weighted by molar-refractivity contribution is 9.10. The highest BCUT2D eigenvalue weighted by Gasteiger charge is 2.15. The van der Waals surface area contributed by atoms with Crippen LogP contribution in [-0.2, 0) is 0 Å². The van der Waals surface area contributed by atoms with Crippen molar-refractivity contribution in [2.45, 2.75) is 6.92 Å². The van der Waals surface area contributed by atoms with Crippen molar-refractivity contribution in [1.29, 1.82) is 0 Å². The summed E-state index contributed by atoms with van der Waals surface area (Å²) in [5.74, 6) is 0.112. The summed E-state index contributed by atoms with van der Waals surface area (Å²) in [5.41, 5.74) is 2.31. The lowest BCUT2D eigenvalue weighted by Crippen LogP contribution is -2.04.